The molecule has 0 bridgehead atoms. The first-order valence-electron chi connectivity index (χ1n) is 7.46. The lowest BCUT2D eigenvalue weighted by molar-refractivity contribution is -0.147. The molecule has 2 atom stereocenters. The quantitative estimate of drug-likeness (QED) is 0.667. The number of hydrogen-bond donors (Lipinski definition) is 2. The summed E-state index contributed by atoms with van der Waals surface area (Å²) in [6.45, 7) is 3.91. The molecular weight excluding hydrogens is 258 g/mol. The maximum absolute atomic E-state index is 12.3. The Kier molecular flexibility index (Phi) is 7.54. The average Bonchev–Trinajstić information content (AvgIpc) is 2.45. The van der Waals surface area contributed by atoms with Gasteiger partial charge in [-0.15, -0.1) is 0 Å². The Hall–Kier alpha value is -1.14. The van der Waals surface area contributed by atoms with Crippen molar-refractivity contribution < 1.29 is 14.3 Å². The van der Waals surface area contributed by atoms with Crippen LogP contribution >= 0.6 is 0 Å². The van der Waals surface area contributed by atoms with Gasteiger partial charge in [0.2, 0.25) is 11.8 Å². The molecule has 4 N–H and O–H groups in total. The molecule has 0 saturated carbocycles. The van der Waals surface area contributed by atoms with E-state index in [1.807, 2.05) is 0 Å². The fourth-order valence-electron chi connectivity index (χ4n) is 2.69. The van der Waals surface area contributed by atoms with E-state index in [0.717, 1.165) is 25.7 Å². The van der Waals surface area contributed by atoms with Crippen LogP contribution in [0.4, 0.5) is 0 Å². The molecule has 0 aromatic rings. The molecule has 0 aromatic carbocycles. The van der Waals surface area contributed by atoms with Gasteiger partial charge < -0.3 is 21.1 Å². The number of ether oxygens (including phenoxy) is 1. The van der Waals surface area contributed by atoms with Crippen LogP contribution in [0.15, 0.2) is 0 Å². The monoisotopic (exact) mass is 285 g/mol. The normalized spacial score (nSPS) is 20.7. The maximum atomic E-state index is 12.3. The second-order valence-corrected chi connectivity index (χ2v) is 5.35. The first-order valence-corrected chi connectivity index (χ1v) is 7.46. The zero-order valence-corrected chi connectivity index (χ0v) is 12.3. The Morgan fingerprint density at radius 3 is 2.70 bits per heavy atom. The topological polar surface area (TPSA) is 98.7 Å². The van der Waals surface area contributed by atoms with Gasteiger partial charge in [-0.3, -0.25) is 9.59 Å². The number of morpholine rings is 1. The summed E-state index contributed by atoms with van der Waals surface area (Å²) in [4.78, 5) is 25.2. The molecule has 6 nitrogen and oxygen atoms in total. The number of rotatable bonds is 8. The van der Waals surface area contributed by atoms with Gasteiger partial charge in [-0.05, 0) is 25.3 Å². The van der Waals surface area contributed by atoms with Crippen molar-refractivity contribution >= 4 is 11.8 Å². The molecule has 1 aliphatic heterocycles. The van der Waals surface area contributed by atoms with E-state index in [-0.39, 0.29) is 12.5 Å². The van der Waals surface area contributed by atoms with Crippen LogP contribution in [0.2, 0.25) is 0 Å². The Labute approximate surface area is 120 Å². The van der Waals surface area contributed by atoms with Crippen molar-refractivity contribution in [1.29, 1.82) is 0 Å². The van der Waals surface area contributed by atoms with Gasteiger partial charge in [-0.2, -0.15) is 0 Å². The van der Waals surface area contributed by atoms with Crippen LogP contribution in [-0.2, 0) is 14.3 Å². The standard InChI is InChI=1S/C14H27N3O3/c1-2-3-11(6-7-15)4-5-13(18)17-8-9-20-10-12(17)14(16)19/h11-12H,2-10,15H2,1H3,(H2,16,19). The lowest BCUT2D eigenvalue weighted by Crippen LogP contribution is -2.54. The van der Waals surface area contributed by atoms with Crippen molar-refractivity contribution in [2.24, 2.45) is 17.4 Å². The van der Waals surface area contributed by atoms with E-state index in [4.69, 9.17) is 16.2 Å². The molecule has 0 aromatic heterocycles. The van der Waals surface area contributed by atoms with Crippen LogP contribution in [-0.4, -0.2) is 49.1 Å². The highest BCUT2D eigenvalue weighted by Gasteiger charge is 2.31. The van der Waals surface area contributed by atoms with Crippen LogP contribution in [0.1, 0.15) is 39.0 Å². The molecule has 20 heavy (non-hydrogen) atoms. The molecular formula is C14H27N3O3. The minimum atomic E-state index is -0.615. The van der Waals surface area contributed by atoms with E-state index in [2.05, 4.69) is 6.92 Å². The number of primary amides is 1. The van der Waals surface area contributed by atoms with Gasteiger partial charge >= 0.3 is 0 Å². The summed E-state index contributed by atoms with van der Waals surface area (Å²) in [5, 5.41) is 0. The third kappa shape index (κ3) is 5.09. The number of amides is 2. The van der Waals surface area contributed by atoms with Crippen molar-refractivity contribution in [3.8, 4) is 0 Å². The molecule has 2 unspecified atom stereocenters. The van der Waals surface area contributed by atoms with Gasteiger partial charge in [0.05, 0.1) is 13.2 Å². The minimum Gasteiger partial charge on any atom is -0.377 e. The Bertz CT molecular complexity index is 317. The van der Waals surface area contributed by atoms with E-state index < -0.39 is 11.9 Å². The van der Waals surface area contributed by atoms with Gasteiger partial charge in [-0.25, -0.2) is 0 Å². The second kappa shape index (κ2) is 8.92. The second-order valence-electron chi connectivity index (χ2n) is 5.35. The molecule has 1 aliphatic rings. The molecule has 6 heteroatoms. The van der Waals surface area contributed by atoms with Gasteiger partial charge in [0.1, 0.15) is 6.04 Å². The highest BCUT2D eigenvalue weighted by Crippen LogP contribution is 2.19. The average molecular weight is 285 g/mol. The molecule has 0 radical (unpaired) electrons. The van der Waals surface area contributed by atoms with E-state index in [1.165, 1.54) is 0 Å². The first kappa shape index (κ1) is 16.9. The van der Waals surface area contributed by atoms with Crippen molar-refractivity contribution in [1.82, 2.24) is 4.90 Å². The summed E-state index contributed by atoms with van der Waals surface area (Å²) in [5.41, 5.74) is 10.9. The fraction of sp³-hybridized carbons (Fsp3) is 0.857. The van der Waals surface area contributed by atoms with Crippen LogP contribution < -0.4 is 11.5 Å². The van der Waals surface area contributed by atoms with Crippen LogP contribution in [0.25, 0.3) is 0 Å². The van der Waals surface area contributed by atoms with E-state index in [0.29, 0.717) is 32.0 Å². The third-order valence-corrected chi connectivity index (χ3v) is 3.82. The lowest BCUT2D eigenvalue weighted by atomic mass is 9.94. The maximum Gasteiger partial charge on any atom is 0.242 e. The van der Waals surface area contributed by atoms with Crippen LogP contribution in [0.3, 0.4) is 0 Å². The Morgan fingerprint density at radius 1 is 1.35 bits per heavy atom. The number of nitrogens with two attached hydrogens (primary N) is 2. The molecule has 0 aliphatic carbocycles. The number of carbonyl (C=O) groups excluding carboxylic acids is 2. The van der Waals surface area contributed by atoms with Crippen molar-refractivity contribution in [3.63, 3.8) is 0 Å². The van der Waals surface area contributed by atoms with Crippen LogP contribution in [0.5, 0.6) is 0 Å². The predicted octanol–water partition coefficient (Wildman–Crippen LogP) is 0.244. The summed E-state index contributed by atoms with van der Waals surface area (Å²) >= 11 is 0. The predicted molar refractivity (Wildman–Crippen MR) is 76.8 cm³/mol. The summed E-state index contributed by atoms with van der Waals surface area (Å²) < 4.78 is 5.22. The SMILES string of the molecule is CCCC(CCN)CCC(=O)N1CCOCC1C(N)=O. The molecule has 0 spiro atoms. The van der Waals surface area contributed by atoms with E-state index in [9.17, 15) is 9.59 Å². The molecule has 1 rings (SSSR count). The highest BCUT2D eigenvalue weighted by atomic mass is 16.5. The highest BCUT2D eigenvalue weighted by molar-refractivity contribution is 5.86. The number of nitrogens with zero attached hydrogens (tertiary/aromatic N) is 1. The summed E-state index contributed by atoms with van der Waals surface area (Å²) in [7, 11) is 0. The molecule has 1 fully saturated rings. The molecule has 116 valence electrons. The Morgan fingerprint density at radius 2 is 2.10 bits per heavy atom. The summed E-state index contributed by atoms with van der Waals surface area (Å²) in [6, 6.07) is -0.615. The zero-order valence-electron chi connectivity index (χ0n) is 12.3. The summed E-state index contributed by atoms with van der Waals surface area (Å²) in [6.07, 6.45) is 4.41. The smallest absolute Gasteiger partial charge is 0.242 e. The van der Waals surface area contributed by atoms with Gasteiger partial charge in [-0.1, -0.05) is 19.8 Å². The minimum absolute atomic E-state index is 0.00442. The van der Waals surface area contributed by atoms with E-state index >= 15 is 0 Å². The number of carbonyl (C=O) groups is 2. The zero-order chi connectivity index (χ0) is 15.0. The molecule has 1 saturated heterocycles. The van der Waals surface area contributed by atoms with Crippen molar-refractivity contribution in [2.45, 2.75) is 45.1 Å². The fourth-order valence-corrected chi connectivity index (χ4v) is 2.69. The summed E-state index contributed by atoms with van der Waals surface area (Å²) in [5.74, 6) is -0.0117. The third-order valence-electron chi connectivity index (χ3n) is 3.82. The first-order chi connectivity index (χ1) is 9.60. The van der Waals surface area contributed by atoms with Gasteiger partial charge in [0, 0.05) is 13.0 Å². The van der Waals surface area contributed by atoms with Crippen molar-refractivity contribution in [2.75, 3.05) is 26.3 Å². The molecule has 2 amide bonds. The number of hydrogen-bond acceptors (Lipinski definition) is 4. The van der Waals surface area contributed by atoms with Crippen LogP contribution in [0, 0.1) is 5.92 Å². The largest absolute Gasteiger partial charge is 0.377 e. The lowest BCUT2D eigenvalue weighted by Gasteiger charge is -2.34. The Balaban J connectivity index is 2.48. The molecule has 1 heterocycles. The van der Waals surface area contributed by atoms with Gasteiger partial charge in [0.15, 0.2) is 0 Å². The van der Waals surface area contributed by atoms with E-state index in [1.54, 1.807) is 4.90 Å². The van der Waals surface area contributed by atoms with Gasteiger partial charge in [0.25, 0.3) is 0 Å². The van der Waals surface area contributed by atoms with Crippen molar-refractivity contribution in [3.05, 3.63) is 0 Å².